The van der Waals surface area contributed by atoms with E-state index in [1.807, 2.05) is 25.1 Å². The lowest BCUT2D eigenvalue weighted by Gasteiger charge is -2.11. The van der Waals surface area contributed by atoms with Crippen molar-refractivity contribution in [2.45, 2.75) is 38.6 Å². The number of methoxy groups -OCH3 is 1. The normalized spacial score (nSPS) is 12.8. The number of hydrogen-bond acceptors (Lipinski definition) is 3. The van der Waals surface area contributed by atoms with Crippen LogP contribution in [0.4, 0.5) is 0 Å². The zero-order chi connectivity index (χ0) is 15.2. The summed E-state index contributed by atoms with van der Waals surface area (Å²) >= 11 is 6.26. The van der Waals surface area contributed by atoms with E-state index in [-0.39, 0.29) is 5.38 Å². The molecule has 0 radical (unpaired) electrons. The van der Waals surface area contributed by atoms with Crippen molar-refractivity contribution in [3.63, 3.8) is 0 Å². The third-order valence-corrected chi connectivity index (χ3v) is 3.64. The van der Waals surface area contributed by atoms with E-state index in [4.69, 9.17) is 21.1 Å². The van der Waals surface area contributed by atoms with E-state index in [9.17, 15) is 0 Å². The molecule has 1 heterocycles. The number of hydrogen-bond donors (Lipinski definition) is 0. The lowest BCUT2D eigenvalue weighted by atomic mass is 10.3. The number of nitrogens with zero attached hydrogens (tertiary/aromatic N) is 2. The van der Waals surface area contributed by atoms with Gasteiger partial charge in [0.2, 0.25) is 0 Å². The molecule has 116 valence electrons. The summed E-state index contributed by atoms with van der Waals surface area (Å²) < 4.78 is 13.0. The molecule has 5 heteroatoms. The van der Waals surface area contributed by atoms with Crippen LogP contribution in [0.3, 0.4) is 0 Å². The number of rotatable bonds is 8. The van der Waals surface area contributed by atoms with Gasteiger partial charge in [0.1, 0.15) is 11.6 Å². The lowest BCUT2D eigenvalue weighted by molar-refractivity contribution is 0.123. The summed E-state index contributed by atoms with van der Waals surface area (Å²) in [6.07, 6.45) is 2.25. The van der Waals surface area contributed by atoms with E-state index in [1.165, 1.54) is 0 Å². The number of aromatic nitrogens is 2. The molecule has 1 atom stereocenters. The molecule has 1 aromatic heterocycles. The van der Waals surface area contributed by atoms with Crippen LogP contribution in [-0.2, 0) is 11.3 Å². The molecule has 4 nitrogen and oxygen atoms in total. The molecule has 0 amide bonds. The fourth-order valence-electron chi connectivity index (χ4n) is 2.30. The number of halogens is 1. The molecular formula is C16H23ClN2O2. The summed E-state index contributed by atoms with van der Waals surface area (Å²) in [4.78, 5) is 4.63. The van der Waals surface area contributed by atoms with Crippen molar-refractivity contribution in [3.05, 3.63) is 24.0 Å². The Hall–Kier alpha value is -1.26. The minimum atomic E-state index is -0.140. The van der Waals surface area contributed by atoms with Gasteiger partial charge >= 0.3 is 0 Å². The number of benzene rings is 1. The van der Waals surface area contributed by atoms with Crippen LogP contribution < -0.4 is 4.74 Å². The lowest BCUT2D eigenvalue weighted by Crippen LogP contribution is -2.10. The molecule has 0 fully saturated rings. The van der Waals surface area contributed by atoms with Crippen LogP contribution in [0.25, 0.3) is 11.0 Å². The van der Waals surface area contributed by atoms with Crippen molar-refractivity contribution in [2.24, 2.45) is 0 Å². The molecule has 0 aliphatic carbocycles. The van der Waals surface area contributed by atoms with Gasteiger partial charge in [-0.05, 0) is 25.5 Å². The average Bonchev–Trinajstić information content (AvgIpc) is 2.85. The fourth-order valence-corrected chi connectivity index (χ4v) is 2.46. The zero-order valence-electron chi connectivity index (χ0n) is 12.9. The first kappa shape index (κ1) is 16.1. The van der Waals surface area contributed by atoms with Crippen LogP contribution in [-0.4, -0.2) is 29.9 Å². The Morgan fingerprint density at radius 2 is 2.14 bits per heavy atom. The van der Waals surface area contributed by atoms with Crippen molar-refractivity contribution in [1.29, 1.82) is 0 Å². The quantitative estimate of drug-likeness (QED) is 0.542. The van der Waals surface area contributed by atoms with Gasteiger partial charge in [-0.1, -0.05) is 13.3 Å². The molecule has 0 aliphatic rings. The van der Waals surface area contributed by atoms with Gasteiger partial charge in [0.25, 0.3) is 0 Å². The Labute approximate surface area is 131 Å². The van der Waals surface area contributed by atoms with Crippen LogP contribution in [0, 0.1) is 0 Å². The highest BCUT2D eigenvalue weighted by Gasteiger charge is 2.15. The maximum atomic E-state index is 6.26. The largest absolute Gasteiger partial charge is 0.497 e. The molecule has 0 aliphatic heterocycles. The predicted octanol–water partition coefficient (Wildman–Crippen LogP) is 4.16. The van der Waals surface area contributed by atoms with Crippen molar-refractivity contribution in [3.8, 4) is 5.75 Å². The molecule has 0 saturated carbocycles. The van der Waals surface area contributed by atoms with Gasteiger partial charge in [0.05, 0.1) is 30.1 Å². The zero-order valence-corrected chi connectivity index (χ0v) is 13.7. The van der Waals surface area contributed by atoms with E-state index in [0.29, 0.717) is 6.61 Å². The second kappa shape index (κ2) is 7.66. The van der Waals surface area contributed by atoms with E-state index in [1.54, 1.807) is 7.11 Å². The second-order valence-corrected chi connectivity index (χ2v) is 5.71. The highest BCUT2D eigenvalue weighted by molar-refractivity contribution is 6.20. The van der Waals surface area contributed by atoms with Gasteiger partial charge in [-0.2, -0.15) is 0 Å². The molecular weight excluding hydrogens is 288 g/mol. The van der Waals surface area contributed by atoms with Gasteiger partial charge in [-0.3, -0.25) is 0 Å². The van der Waals surface area contributed by atoms with E-state index < -0.39 is 0 Å². The summed E-state index contributed by atoms with van der Waals surface area (Å²) in [7, 11) is 1.66. The topological polar surface area (TPSA) is 36.3 Å². The van der Waals surface area contributed by atoms with E-state index in [0.717, 1.165) is 48.6 Å². The molecule has 1 aromatic carbocycles. The Bertz CT molecular complexity index is 581. The highest BCUT2D eigenvalue weighted by Crippen LogP contribution is 2.27. The van der Waals surface area contributed by atoms with Crippen molar-refractivity contribution in [2.75, 3.05) is 20.3 Å². The monoisotopic (exact) mass is 310 g/mol. The third kappa shape index (κ3) is 3.89. The third-order valence-electron chi connectivity index (χ3n) is 3.44. The van der Waals surface area contributed by atoms with E-state index >= 15 is 0 Å². The SMILES string of the molecule is CCCCOCCn1c(C(C)Cl)nc2cc(OC)ccc21. The summed E-state index contributed by atoms with van der Waals surface area (Å²) in [5, 5.41) is -0.140. The average molecular weight is 311 g/mol. The van der Waals surface area contributed by atoms with Crippen LogP contribution in [0.1, 0.15) is 37.9 Å². The summed E-state index contributed by atoms with van der Waals surface area (Å²) in [6.45, 7) is 6.34. The number of fused-ring (bicyclic) bond motifs is 1. The molecule has 21 heavy (non-hydrogen) atoms. The van der Waals surface area contributed by atoms with Gasteiger partial charge in [-0.15, -0.1) is 11.6 Å². The summed E-state index contributed by atoms with van der Waals surface area (Å²) in [5.74, 6) is 1.68. The summed E-state index contributed by atoms with van der Waals surface area (Å²) in [6, 6.07) is 5.91. The molecule has 0 spiro atoms. The molecule has 0 saturated heterocycles. The predicted molar refractivity (Wildman–Crippen MR) is 86.3 cm³/mol. The Morgan fingerprint density at radius 3 is 2.81 bits per heavy atom. The fraction of sp³-hybridized carbons (Fsp3) is 0.562. The smallest absolute Gasteiger partial charge is 0.127 e. The van der Waals surface area contributed by atoms with Gasteiger partial charge in [0.15, 0.2) is 0 Å². The molecule has 2 aromatic rings. The van der Waals surface area contributed by atoms with Crippen LogP contribution in [0.5, 0.6) is 5.75 Å². The van der Waals surface area contributed by atoms with Crippen molar-refractivity contribution in [1.82, 2.24) is 9.55 Å². The Balaban J connectivity index is 2.20. The minimum Gasteiger partial charge on any atom is -0.497 e. The number of alkyl halides is 1. The van der Waals surface area contributed by atoms with Gasteiger partial charge in [-0.25, -0.2) is 4.98 Å². The second-order valence-electron chi connectivity index (χ2n) is 5.06. The Morgan fingerprint density at radius 1 is 1.33 bits per heavy atom. The first-order chi connectivity index (χ1) is 10.2. The molecule has 1 unspecified atom stereocenters. The first-order valence-corrected chi connectivity index (χ1v) is 7.87. The Kier molecular flexibility index (Phi) is 5.88. The maximum Gasteiger partial charge on any atom is 0.127 e. The number of imidazole rings is 1. The van der Waals surface area contributed by atoms with Gasteiger partial charge in [0, 0.05) is 19.2 Å². The van der Waals surface area contributed by atoms with Crippen LogP contribution in [0.15, 0.2) is 18.2 Å². The first-order valence-electron chi connectivity index (χ1n) is 7.43. The molecule has 0 bridgehead atoms. The van der Waals surface area contributed by atoms with Crippen LogP contribution in [0.2, 0.25) is 0 Å². The molecule has 0 N–H and O–H groups in total. The molecule has 2 rings (SSSR count). The number of unbranched alkanes of at least 4 members (excludes halogenated alkanes) is 1. The standard InChI is InChI=1S/C16H23ClN2O2/c1-4-5-9-21-10-8-19-15-7-6-13(20-3)11-14(15)18-16(19)12(2)17/h6-7,11-12H,4-5,8-10H2,1-3H3. The number of ether oxygens (including phenoxy) is 2. The van der Waals surface area contributed by atoms with Crippen molar-refractivity contribution < 1.29 is 9.47 Å². The van der Waals surface area contributed by atoms with E-state index in [2.05, 4.69) is 16.5 Å². The van der Waals surface area contributed by atoms with Gasteiger partial charge < -0.3 is 14.0 Å². The van der Waals surface area contributed by atoms with Crippen LogP contribution >= 0.6 is 11.6 Å². The van der Waals surface area contributed by atoms with Crippen molar-refractivity contribution >= 4 is 22.6 Å². The minimum absolute atomic E-state index is 0.140. The summed E-state index contributed by atoms with van der Waals surface area (Å²) in [5.41, 5.74) is 1.97. The maximum absolute atomic E-state index is 6.26. The highest BCUT2D eigenvalue weighted by atomic mass is 35.5.